The van der Waals surface area contributed by atoms with Crippen LogP contribution in [-0.2, 0) is 0 Å². The van der Waals surface area contributed by atoms with Gasteiger partial charge in [0.25, 0.3) is 5.91 Å². The van der Waals surface area contributed by atoms with Gasteiger partial charge in [0.15, 0.2) is 5.65 Å². The molecule has 0 saturated carbocycles. The number of fused-ring (bicyclic) bond motifs is 1. The molecule has 1 amide bonds. The van der Waals surface area contributed by atoms with E-state index in [9.17, 15) is 9.90 Å². The molecule has 2 aromatic heterocycles. The fraction of sp³-hybridized carbons (Fsp3) is 0.409. The number of carbonyl (C=O) groups excluding carboxylic acids is 1. The van der Waals surface area contributed by atoms with E-state index in [2.05, 4.69) is 10.1 Å². The molecule has 0 aliphatic carbocycles. The van der Waals surface area contributed by atoms with Gasteiger partial charge < -0.3 is 10.0 Å². The number of carbonyl (C=O) groups is 1. The summed E-state index contributed by atoms with van der Waals surface area (Å²) in [7, 11) is 0. The Hall–Kier alpha value is -2.44. The SMILES string of the molecule is Cc1cc(C)n2nc(C)c(C(=O)N3CCC([C@@H](O)c4ccc(Cl)cc4)CC3)c2n1. The van der Waals surface area contributed by atoms with Crippen molar-refractivity contribution in [3.63, 3.8) is 0 Å². The number of aliphatic hydroxyl groups excluding tert-OH is 1. The second kappa shape index (κ2) is 7.76. The molecule has 29 heavy (non-hydrogen) atoms. The Morgan fingerprint density at radius 1 is 1.17 bits per heavy atom. The number of hydrogen-bond donors (Lipinski definition) is 1. The van der Waals surface area contributed by atoms with Crippen LogP contribution in [0.2, 0.25) is 5.02 Å². The number of amides is 1. The summed E-state index contributed by atoms with van der Waals surface area (Å²) < 4.78 is 1.74. The zero-order chi connectivity index (χ0) is 20.7. The molecule has 1 aromatic carbocycles. The van der Waals surface area contributed by atoms with Crippen LogP contribution in [0.15, 0.2) is 30.3 Å². The van der Waals surface area contributed by atoms with Crippen LogP contribution in [0.25, 0.3) is 5.65 Å². The van der Waals surface area contributed by atoms with E-state index in [4.69, 9.17) is 11.6 Å². The summed E-state index contributed by atoms with van der Waals surface area (Å²) in [6.07, 6.45) is 0.952. The summed E-state index contributed by atoms with van der Waals surface area (Å²) >= 11 is 5.94. The number of aromatic nitrogens is 3. The zero-order valence-electron chi connectivity index (χ0n) is 16.9. The summed E-state index contributed by atoms with van der Waals surface area (Å²) in [4.78, 5) is 19.7. The Bertz CT molecular complexity index is 1050. The van der Waals surface area contributed by atoms with E-state index in [0.29, 0.717) is 35.0 Å². The molecule has 3 aromatic rings. The predicted octanol–water partition coefficient (Wildman–Crippen LogP) is 3.89. The molecule has 0 unspecified atom stereocenters. The van der Waals surface area contributed by atoms with Gasteiger partial charge in [-0.05, 0) is 63.3 Å². The van der Waals surface area contributed by atoms with Crippen LogP contribution < -0.4 is 0 Å². The summed E-state index contributed by atoms with van der Waals surface area (Å²) in [5.41, 5.74) is 4.59. The Balaban J connectivity index is 1.50. The van der Waals surface area contributed by atoms with Crippen molar-refractivity contribution in [3.05, 3.63) is 63.6 Å². The lowest BCUT2D eigenvalue weighted by Crippen LogP contribution is -2.40. The second-order valence-corrected chi connectivity index (χ2v) is 8.30. The van der Waals surface area contributed by atoms with E-state index in [1.54, 1.807) is 16.6 Å². The maximum absolute atomic E-state index is 13.3. The van der Waals surface area contributed by atoms with Gasteiger partial charge in [0.05, 0.1) is 11.8 Å². The van der Waals surface area contributed by atoms with E-state index >= 15 is 0 Å². The van der Waals surface area contributed by atoms with E-state index < -0.39 is 6.10 Å². The first-order chi connectivity index (χ1) is 13.8. The van der Waals surface area contributed by atoms with Crippen LogP contribution in [0.4, 0.5) is 0 Å². The van der Waals surface area contributed by atoms with Crippen LogP contribution in [0, 0.1) is 26.7 Å². The summed E-state index contributed by atoms with van der Waals surface area (Å²) in [5.74, 6) is 0.0854. The highest BCUT2D eigenvalue weighted by molar-refractivity contribution is 6.30. The number of nitrogens with zero attached hydrogens (tertiary/aromatic N) is 4. The van der Waals surface area contributed by atoms with Gasteiger partial charge in [-0.2, -0.15) is 5.10 Å². The number of aryl methyl sites for hydroxylation is 3. The molecule has 1 saturated heterocycles. The van der Waals surface area contributed by atoms with Gasteiger partial charge in [-0.3, -0.25) is 4.79 Å². The molecule has 4 rings (SSSR count). The van der Waals surface area contributed by atoms with Gasteiger partial charge in [0.2, 0.25) is 0 Å². The standard InChI is InChI=1S/C22H25ClN4O2/c1-13-12-14(2)27-21(24-13)19(15(3)25-27)22(29)26-10-8-17(9-11-26)20(28)16-4-6-18(23)7-5-16/h4-7,12,17,20,28H,8-11H2,1-3H3/t20-/m0/s1. The molecule has 1 N–H and O–H groups in total. The van der Waals surface area contributed by atoms with E-state index in [0.717, 1.165) is 29.8 Å². The van der Waals surface area contributed by atoms with Crippen molar-refractivity contribution in [2.45, 2.75) is 39.7 Å². The van der Waals surface area contributed by atoms with Crippen molar-refractivity contribution >= 4 is 23.2 Å². The zero-order valence-corrected chi connectivity index (χ0v) is 17.6. The lowest BCUT2D eigenvalue weighted by Gasteiger charge is -2.34. The van der Waals surface area contributed by atoms with Crippen LogP contribution in [-0.4, -0.2) is 43.6 Å². The maximum Gasteiger partial charge on any atom is 0.259 e. The number of benzene rings is 1. The van der Waals surface area contributed by atoms with Gasteiger partial charge >= 0.3 is 0 Å². The van der Waals surface area contributed by atoms with Gasteiger partial charge in [-0.15, -0.1) is 0 Å². The number of likely N-dealkylation sites (tertiary alicyclic amines) is 1. The lowest BCUT2D eigenvalue weighted by molar-refractivity contribution is 0.0463. The van der Waals surface area contributed by atoms with Crippen LogP contribution in [0.5, 0.6) is 0 Å². The molecule has 1 aliphatic heterocycles. The van der Waals surface area contributed by atoms with Crippen molar-refractivity contribution in [2.75, 3.05) is 13.1 Å². The third kappa shape index (κ3) is 3.74. The normalized spacial score (nSPS) is 16.4. The molecule has 6 nitrogen and oxygen atoms in total. The molecule has 3 heterocycles. The summed E-state index contributed by atoms with van der Waals surface area (Å²) in [6, 6.07) is 9.27. The molecule has 1 fully saturated rings. The second-order valence-electron chi connectivity index (χ2n) is 7.86. The summed E-state index contributed by atoms with van der Waals surface area (Å²) in [5, 5.41) is 15.9. The fourth-order valence-corrected chi connectivity index (χ4v) is 4.31. The maximum atomic E-state index is 13.3. The predicted molar refractivity (Wildman–Crippen MR) is 112 cm³/mol. The van der Waals surface area contributed by atoms with Crippen LogP contribution in [0.1, 0.15) is 51.9 Å². The molecule has 0 spiro atoms. The first-order valence-corrected chi connectivity index (χ1v) is 10.3. The number of hydrogen-bond acceptors (Lipinski definition) is 4. The highest BCUT2D eigenvalue weighted by Crippen LogP contribution is 2.32. The van der Waals surface area contributed by atoms with Gasteiger partial charge in [0, 0.05) is 29.5 Å². The Morgan fingerprint density at radius 3 is 2.48 bits per heavy atom. The average molecular weight is 413 g/mol. The topological polar surface area (TPSA) is 70.7 Å². The largest absolute Gasteiger partial charge is 0.388 e. The first kappa shape index (κ1) is 19.9. The molecular weight excluding hydrogens is 388 g/mol. The molecule has 0 radical (unpaired) electrons. The molecule has 0 bridgehead atoms. The molecule has 7 heteroatoms. The van der Waals surface area contributed by atoms with E-state index in [1.165, 1.54) is 0 Å². The molecule has 1 aliphatic rings. The third-order valence-corrected chi connectivity index (χ3v) is 6.02. The van der Waals surface area contributed by atoms with Gasteiger partial charge in [-0.1, -0.05) is 23.7 Å². The number of piperidine rings is 1. The third-order valence-electron chi connectivity index (χ3n) is 5.77. The Morgan fingerprint density at radius 2 is 1.83 bits per heavy atom. The van der Waals surface area contributed by atoms with Crippen molar-refractivity contribution < 1.29 is 9.90 Å². The highest BCUT2D eigenvalue weighted by atomic mass is 35.5. The minimum atomic E-state index is -0.546. The Labute approximate surface area is 175 Å². The molecular formula is C22H25ClN4O2. The quantitative estimate of drug-likeness (QED) is 0.708. The van der Waals surface area contributed by atoms with Crippen molar-refractivity contribution in [2.24, 2.45) is 5.92 Å². The van der Waals surface area contributed by atoms with Gasteiger partial charge in [0.1, 0.15) is 5.56 Å². The van der Waals surface area contributed by atoms with Crippen LogP contribution >= 0.6 is 11.6 Å². The van der Waals surface area contributed by atoms with E-state index in [-0.39, 0.29) is 11.8 Å². The van der Waals surface area contributed by atoms with E-state index in [1.807, 2.05) is 43.9 Å². The van der Waals surface area contributed by atoms with Crippen molar-refractivity contribution in [1.82, 2.24) is 19.5 Å². The smallest absolute Gasteiger partial charge is 0.259 e. The minimum Gasteiger partial charge on any atom is -0.388 e. The summed E-state index contributed by atoms with van der Waals surface area (Å²) in [6.45, 7) is 6.96. The van der Waals surface area contributed by atoms with Gasteiger partial charge in [-0.25, -0.2) is 9.50 Å². The monoisotopic (exact) mass is 412 g/mol. The lowest BCUT2D eigenvalue weighted by atomic mass is 9.87. The number of aliphatic hydroxyl groups is 1. The fourth-order valence-electron chi connectivity index (χ4n) is 4.19. The minimum absolute atomic E-state index is 0.0329. The Kier molecular flexibility index (Phi) is 5.32. The first-order valence-electron chi connectivity index (χ1n) is 9.91. The van der Waals surface area contributed by atoms with Crippen molar-refractivity contribution in [3.8, 4) is 0 Å². The molecule has 1 atom stereocenters. The number of halogens is 1. The number of rotatable bonds is 3. The molecule has 152 valence electrons. The highest BCUT2D eigenvalue weighted by Gasteiger charge is 2.31. The average Bonchev–Trinajstić information content (AvgIpc) is 3.04. The van der Waals surface area contributed by atoms with Crippen LogP contribution in [0.3, 0.4) is 0 Å². The van der Waals surface area contributed by atoms with Crippen molar-refractivity contribution in [1.29, 1.82) is 0 Å².